The van der Waals surface area contributed by atoms with E-state index in [1.165, 1.54) is 0 Å². The zero-order valence-electron chi connectivity index (χ0n) is 13.0. The molecule has 21 heavy (non-hydrogen) atoms. The fourth-order valence-electron chi connectivity index (χ4n) is 1.65. The van der Waals surface area contributed by atoms with Crippen LogP contribution in [0.25, 0.3) is 0 Å². The lowest BCUT2D eigenvalue weighted by molar-refractivity contribution is -0.155. The molecular formula is C16H23NO4. The number of rotatable bonds is 5. The summed E-state index contributed by atoms with van der Waals surface area (Å²) in [6.45, 7) is 7.34. The van der Waals surface area contributed by atoms with Gasteiger partial charge in [-0.2, -0.15) is 0 Å². The molecule has 5 nitrogen and oxygen atoms in total. The second kappa shape index (κ2) is 7.67. The van der Waals surface area contributed by atoms with Crippen LogP contribution in [0.2, 0.25) is 0 Å². The Morgan fingerprint density at radius 1 is 1.19 bits per heavy atom. The molecule has 0 aliphatic heterocycles. The largest absolute Gasteiger partial charge is 0.460 e. The molecule has 1 aromatic rings. The van der Waals surface area contributed by atoms with Gasteiger partial charge in [-0.15, -0.1) is 0 Å². The maximum absolute atomic E-state index is 11.6. The Bertz CT molecular complexity index is 465. The summed E-state index contributed by atoms with van der Waals surface area (Å²) in [7, 11) is 0. The van der Waals surface area contributed by atoms with Crippen LogP contribution in [0.4, 0.5) is 4.79 Å². The van der Waals surface area contributed by atoms with Gasteiger partial charge in [-0.25, -0.2) is 4.79 Å². The maximum atomic E-state index is 11.6. The molecule has 1 aromatic carbocycles. The van der Waals surface area contributed by atoms with Gasteiger partial charge in [0.25, 0.3) is 0 Å². The second-order valence-corrected chi connectivity index (χ2v) is 5.90. The van der Waals surface area contributed by atoms with E-state index in [4.69, 9.17) is 9.47 Å². The third kappa shape index (κ3) is 7.97. The topological polar surface area (TPSA) is 64.6 Å². The van der Waals surface area contributed by atoms with Crippen LogP contribution < -0.4 is 5.32 Å². The first-order chi connectivity index (χ1) is 9.76. The lowest BCUT2D eigenvalue weighted by atomic mass is 10.2. The van der Waals surface area contributed by atoms with Gasteiger partial charge in [0.2, 0.25) is 0 Å². The third-order valence-corrected chi connectivity index (χ3v) is 2.47. The summed E-state index contributed by atoms with van der Waals surface area (Å²) in [6.07, 6.45) is -0.438. The highest BCUT2D eigenvalue weighted by molar-refractivity contribution is 5.72. The predicted octanol–water partition coefficient (Wildman–Crippen LogP) is 3.03. The molecule has 1 amide bonds. The Kier molecular flexibility index (Phi) is 6.21. The molecule has 0 radical (unpaired) electrons. The fraction of sp³-hybridized carbons (Fsp3) is 0.500. The highest BCUT2D eigenvalue weighted by Gasteiger charge is 2.19. The van der Waals surface area contributed by atoms with Crippen LogP contribution in [0, 0.1) is 0 Å². The normalized spacial score (nSPS) is 12.4. The van der Waals surface area contributed by atoms with Crippen molar-refractivity contribution in [3.8, 4) is 0 Å². The standard InChI is InChI=1S/C16H23NO4/c1-12(10-14(18)21-16(2,3)4)17-15(19)20-11-13-8-6-5-7-9-13/h5-9,12H,10-11H2,1-4H3,(H,17,19). The zero-order chi connectivity index (χ0) is 15.9. The third-order valence-electron chi connectivity index (χ3n) is 2.47. The van der Waals surface area contributed by atoms with Crippen molar-refractivity contribution >= 4 is 12.1 Å². The van der Waals surface area contributed by atoms with Crippen molar-refractivity contribution in [1.29, 1.82) is 0 Å². The summed E-state index contributed by atoms with van der Waals surface area (Å²) < 4.78 is 10.3. The van der Waals surface area contributed by atoms with Gasteiger partial charge in [-0.1, -0.05) is 30.3 Å². The molecule has 0 heterocycles. The van der Waals surface area contributed by atoms with Crippen LogP contribution in [-0.4, -0.2) is 23.7 Å². The number of carbonyl (C=O) groups is 2. The Morgan fingerprint density at radius 2 is 1.81 bits per heavy atom. The van der Waals surface area contributed by atoms with Crippen LogP contribution in [-0.2, 0) is 20.9 Å². The molecule has 1 rings (SSSR count). The Hall–Kier alpha value is -2.04. The lowest BCUT2D eigenvalue weighted by Crippen LogP contribution is -2.36. The van der Waals surface area contributed by atoms with Gasteiger partial charge < -0.3 is 14.8 Å². The van der Waals surface area contributed by atoms with E-state index in [1.54, 1.807) is 27.7 Å². The SMILES string of the molecule is CC(CC(=O)OC(C)(C)C)NC(=O)OCc1ccccc1. The van der Waals surface area contributed by atoms with Gasteiger partial charge in [0, 0.05) is 6.04 Å². The molecule has 0 aliphatic carbocycles. The average Bonchev–Trinajstić information content (AvgIpc) is 2.35. The van der Waals surface area contributed by atoms with Gasteiger partial charge in [0.15, 0.2) is 0 Å². The van der Waals surface area contributed by atoms with Crippen molar-refractivity contribution in [1.82, 2.24) is 5.32 Å². The molecule has 0 bridgehead atoms. The minimum Gasteiger partial charge on any atom is -0.460 e. The zero-order valence-corrected chi connectivity index (χ0v) is 13.0. The van der Waals surface area contributed by atoms with Gasteiger partial charge in [-0.05, 0) is 33.3 Å². The molecule has 0 saturated carbocycles. The monoisotopic (exact) mass is 293 g/mol. The Labute approximate surface area is 125 Å². The first-order valence-electron chi connectivity index (χ1n) is 6.95. The van der Waals surface area contributed by atoms with E-state index < -0.39 is 11.7 Å². The molecule has 0 fully saturated rings. The summed E-state index contributed by atoms with van der Waals surface area (Å²) in [5, 5.41) is 2.60. The number of esters is 1. The van der Waals surface area contributed by atoms with Crippen molar-refractivity contribution in [2.45, 2.75) is 52.4 Å². The molecule has 116 valence electrons. The van der Waals surface area contributed by atoms with E-state index in [0.29, 0.717) is 0 Å². The average molecular weight is 293 g/mol. The van der Waals surface area contributed by atoms with Crippen LogP contribution >= 0.6 is 0 Å². The van der Waals surface area contributed by atoms with Crippen molar-refractivity contribution in [3.05, 3.63) is 35.9 Å². The quantitative estimate of drug-likeness (QED) is 0.847. The van der Waals surface area contributed by atoms with Gasteiger partial charge in [0.1, 0.15) is 12.2 Å². The van der Waals surface area contributed by atoms with Crippen molar-refractivity contribution in [2.75, 3.05) is 0 Å². The summed E-state index contributed by atoms with van der Waals surface area (Å²) >= 11 is 0. The van der Waals surface area contributed by atoms with E-state index in [9.17, 15) is 9.59 Å². The molecule has 0 aromatic heterocycles. The lowest BCUT2D eigenvalue weighted by Gasteiger charge is -2.21. The van der Waals surface area contributed by atoms with Crippen LogP contribution in [0.3, 0.4) is 0 Å². The minimum atomic E-state index is -0.546. The van der Waals surface area contributed by atoms with Crippen LogP contribution in [0.1, 0.15) is 39.7 Å². The van der Waals surface area contributed by atoms with Crippen LogP contribution in [0.5, 0.6) is 0 Å². The molecule has 5 heteroatoms. The predicted molar refractivity (Wildman–Crippen MR) is 79.7 cm³/mol. The number of nitrogens with one attached hydrogen (secondary N) is 1. The molecule has 0 saturated heterocycles. The van der Waals surface area contributed by atoms with E-state index in [1.807, 2.05) is 30.3 Å². The number of alkyl carbamates (subject to hydrolysis) is 1. The van der Waals surface area contributed by atoms with Gasteiger partial charge in [0.05, 0.1) is 6.42 Å². The Balaban J connectivity index is 2.29. The van der Waals surface area contributed by atoms with Crippen molar-refractivity contribution < 1.29 is 19.1 Å². The fourth-order valence-corrected chi connectivity index (χ4v) is 1.65. The number of benzene rings is 1. The van der Waals surface area contributed by atoms with Gasteiger partial charge >= 0.3 is 12.1 Å². The second-order valence-electron chi connectivity index (χ2n) is 5.90. The molecule has 1 atom stereocenters. The number of carbonyl (C=O) groups excluding carboxylic acids is 2. The summed E-state index contributed by atoms with van der Waals surface area (Å²) in [6, 6.07) is 9.05. The van der Waals surface area contributed by atoms with Gasteiger partial charge in [-0.3, -0.25) is 4.79 Å². The Morgan fingerprint density at radius 3 is 2.38 bits per heavy atom. The van der Waals surface area contributed by atoms with Crippen molar-refractivity contribution in [3.63, 3.8) is 0 Å². The molecule has 0 spiro atoms. The van der Waals surface area contributed by atoms with E-state index in [-0.39, 0.29) is 25.0 Å². The van der Waals surface area contributed by atoms with E-state index in [0.717, 1.165) is 5.56 Å². The van der Waals surface area contributed by atoms with Crippen LogP contribution in [0.15, 0.2) is 30.3 Å². The van der Waals surface area contributed by atoms with Crippen molar-refractivity contribution in [2.24, 2.45) is 0 Å². The highest BCUT2D eigenvalue weighted by atomic mass is 16.6. The minimum absolute atomic E-state index is 0.109. The number of hydrogen-bond donors (Lipinski definition) is 1. The highest BCUT2D eigenvalue weighted by Crippen LogP contribution is 2.09. The molecular weight excluding hydrogens is 270 g/mol. The summed E-state index contributed by atoms with van der Waals surface area (Å²) in [5.41, 5.74) is 0.386. The van der Waals surface area contributed by atoms with E-state index >= 15 is 0 Å². The van der Waals surface area contributed by atoms with E-state index in [2.05, 4.69) is 5.32 Å². The number of amides is 1. The molecule has 1 unspecified atom stereocenters. The molecule has 0 aliphatic rings. The maximum Gasteiger partial charge on any atom is 0.407 e. The summed E-state index contributed by atoms with van der Waals surface area (Å²) in [5.74, 6) is -0.349. The number of hydrogen-bond acceptors (Lipinski definition) is 4. The summed E-state index contributed by atoms with van der Waals surface area (Å²) in [4.78, 5) is 23.2. The smallest absolute Gasteiger partial charge is 0.407 e. The molecule has 1 N–H and O–H groups in total. The number of ether oxygens (including phenoxy) is 2. The first-order valence-corrected chi connectivity index (χ1v) is 6.95. The first kappa shape index (κ1) is 17.0.